The molecule has 0 aromatic rings. The first-order valence-electron chi connectivity index (χ1n) is 30.5. The molecule has 0 saturated heterocycles. The standard InChI is InChI=1S/C61H118O6/c1-4-7-10-13-16-18-20-22-24-26-28-29-30-31-32-34-35-37-39-41-43-45-48-51-54-60(63)66-57-58(56-65-59(62)53-50-47-15-12-9-6-3)67-61(64)55-52-49-46-44-42-40-38-36-33-27-25-23-21-19-17-14-11-8-5-2/h58H,4-57H2,1-3H3. The predicted molar refractivity (Wildman–Crippen MR) is 289 cm³/mol. The lowest BCUT2D eigenvalue weighted by Crippen LogP contribution is -2.30. The molecule has 0 heterocycles. The van der Waals surface area contributed by atoms with Crippen molar-refractivity contribution in [2.45, 2.75) is 361 Å². The number of hydrogen-bond acceptors (Lipinski definition) is 6. The van der Waals surface area contributed by atoms with Gasteiger partial charge in [-0.25, -0.2) is 0 Å². The van der Waals surface area contributed by atoms with Gasteiger partial charge in [-0.1, -0.05) is 316 Å². The topological polar surface area (TPSA) is 78.9 Å². The Morgan fingerprint density at radius 3 is 0.597 bits per heavy atom. The van der Waals surface area contributed by atoms with Crippen molar-refractivity contribution >= 4 is 17.9 Å². The van der Waals surface area contributed by atoms with Gasteiger partial charge in [-0.15, -0.1) is 0 Å². The molecule has 0 bridgehead atoms. The lowest BCUT2D eigenvalue weighted by molar-refractivity contribution is -0.167. The van der Waals surface area contributed by atoms with E-state index in [4.69, 9.17) is 14.2 Å². The quantitative estimate of drug-likeness (QED) is 0.0343. The molecule has 398 valence electrons. The lowest BCUT2D eigenvalue weighted by atomic mass is 10.0. The number of carbonyl (C=O) groups is 3. The van der Waals surface area contributed by atoms with E-state index in [0.717, 1.165) is 57.8 Å². The van der Waals surface area contributed by atoms with Gasteiger partial charge in [-0.2, -0.15) is 0 Å². The molecule has 0 aliphatic heterocycles. The van der Waals surface area contributed by atoms with Crippen LogP contribution in [0.3, 0.4) is 0 Å². The van der Waals surface area contributed by atoms with Crippen LogP contribution in [0.4, 0.5) is 0 Å². The first-order valence-corrected chi connectivity index (χ1v) is 30.5. The summed E-state index contributed by atoms with van der Waals surface area (Å²) in [4.78, 5) is 37.9. The fraction of sp³-hybridized carbons (Fsp3) is 0.951. The third-order valence-corrected chi connectivity index (χ3v) is 14.1. The highest BCUT2D eigenvalue weighted by atomic mass is 16.6. The molecular formula is C61H118O6. The van der Waals surface area contributed by atoms with Crippen molar-refractivity contribution in [3.63, 3.8) is 0 Å². The number of carbonyl (C=O) groups excluding carboxylic acids is 3. The van der Waals surface area contributed by atoms with Crippen molar-refractivity contribution in [2.24, 2.45) is 0 Å². The second-order valence-corrected chi connectivity index (χ2v) is 21.0. The molecule has 6 nitrogen and oxygen atoms in total. The smallest absolute Gasteiger partial charge is 0.306 e. The van der Waals surface area contributed by atoms with E-state index in [1.165, 1.54) is 257 Å². The van der Waals surface area contributed by atoms with Crippen LogP contribution in [0, 0.1) is 0 Å². The zero-order valence-electron chi connectivity index (χ0n) is 45.7. The van der Waals surface area contributed by atoms with Crippen molar-refractivity contribution in [2.75, 3.05) is 13.2 Å². The van der Waals surface area contributed by atoms with Gasteiger partial charge >= 0.3 is 17.9 Å². The number of ether oxygens (including phenoxy) is 3. The lowest BCUT2D eigenvalue weighted by Gasteiger charge is -2.18. The molecule has 0 aromatic heterocycles. The molecule has 0 amide bonds. The Morgan fingerprint density at radius 1 is 0.239 bits per heavy atom. The fourth-order valence-corrected chi connectivity index (χ4v) is 9.51. The van der Waals surface area contributed by atoms with Gasteiger partial charge in [-0.05, 0) is 19.3 Å². The molecule has 0 radical (unpaired) electrons. The Bertz CT molecular complexity index is 998. The van der Waals surface area contributed by atoms with Crippen LogP contribution < -0.4 is 0 Å². The molecule has 67 heavy (non-hydrogen) atoms. The van der Waals surface area contributed by atoms with E-state index < -0.39 is 6.10 Å². The highest BCUT2D eigenvalue weighted by molar-refractivity contribution is 5.71. The number of hydrogen-bond donors (Lipinski definition) is 0. The van der Waals surface area contributed by atoms with Gasteiger partial charge in [0.15, 0.2) is 6.10 Å². The summed E-state index contributed by atoms with van der Waals surface area (Å²) in [7, 11) is 0. The van der Waals surface area contributed by atoms with Gasteiger partial charge < -0.3 is 14.2 Å². The number of unbranched alkanes of at least 4 members (excludes halogenated alkanes) is 46. The van der Waals surface area contributed by atoms with Crippen molar-refractivity contribution in [1.29, 1.82) is 0 Å². The summed E-state index contributed by atoms with van der Waals surface area (Å²) >= 11 is 0. The van der Waals surface area contributed by atoms with Crippen LogP contribution in [-0.2, 0) is 28.6 Å². The molecule has 0 aliphatic carbocycles. The molecule has 0 aromatic carbocycles. The predicted octanol–water partition coefficient (Wildman–Crippen LogP) is 20.3. The average molecular weight is 948 g/mol. The van der Waals surface area contributed by atoms with Crippen molar-refractivity contribution in [1.82, 2.24) is 0 Å². The van der Waals surface area contributed by atoms with Crippen LogP contribution in [0.15, 0.2) is 0 Å². The van der Waals surface area contributed by atoms with Gasteiger partial charge in [0, 0.05) is 19.3 Å². The molecule has 0 spiro atoms. The van der Waals surface area contributed by atoms with Gasteiger partial charge in [0.25, 0.3) is 0 Å². The number of rotatable bonds is 57. The van der Waals surface area contributed by atoms with Crippen molar-refractivity contribution in [3.05, 3.63) is 0 Å². The summed E-state index contributed by atoms with van der Waals surface area (Å²) < 4.78 is 16.8. The second kappa shape index (κ2) is 57.0. The summed E-state index contributed by atoms with van der Waals surface area (Å²) in [5.74, 6) is -0.844. The van der Waals surface area contributed by atoms with E-state index in [1.807, 2.05) is 0 Å². The maximum absolute atomic E-state index is 12.8. The van der Waals surface area contributed by atoms with Crippen LogP contribution in [-0.4, -0.2) is 37.2 Å². The zero-order valence-corrected chi connectivity index (χ0v) is 45.7. The molecule has 0 N–H and O–H groups in total. The third-order valence-electron chi connectivity index (χ3n) is 14.1. The van der Waals surface area contributed by atoms with Crippen molar-refractivity contribution < 1.29 is 28.6 Å². The first-order chi connectivity index (χ1) is 33.0. The third kappa shape index (κ3) is 55.2. The molecule has 1 unspecified atom stereocenters. The summed E-state index contributed by atoms with van der Waals surface area (Å²) in [6.45, 7) is 6.66. The number of esters is 3. The normalized spacial score (nSPS) is 11.9. The first kappa shape index (κ1) is 65.4. The maximum atomic E-state index is 12.8. The van der Waals surface area contributed by atoms with Gasteiger partial charge in [0.05, 0.1) is 0 Å². The molecule has 0 saturated carbocycles. The molecular weight excluding hydrogens is 829 g/mol. The molecule has 1 atom stereocenters. The Kier molecular flexibility index (Phi) is 55.6. The molecule has 0 fully saturated rings. The van der Waals surface area contributed by atoms with E-state index in [2.05, 4.69) is 20.8 Å². The van der Waals surface area contributed by atoms with Crippen molar-refractivity contribution in [3.8, 4) is 0 Å². The van der Waals surface area contributed by atoms with Gasteiger partial charge in [-0.3, -0.25) is 14.4 Å². The molecule has 0 rings (SSSR count). The van der Waals surface area contributed by atoms with Gasteiger partial charge in [0.1, 0.15) is 13.2 Å². The Balaban J connectivity index is 4.02. The van der Waals surface area contributed by atoms with Crippen LogP contribution in [0.1, 0.15) is 355 Å². The second-order valence-electron chi connectivity index (χ2n) is 21.0. The van der Waals surface area contributed by atoms with Gasteiger partial charge in [0.2, 0.25) is 0 Å². The largest absolute Gasteiger partial charge is 0.462 e. The Hall–Kier alpha value is -1.59. The maximum Gasteiger partial charge on any atom is 0.306 e. The van der Waals surface area contributed by atoms with E-state index in [-0.39, 0.29) is 31.1 Å². The van der Waals surface area contributed by atoms with Crippen LogP contribution >= 0.6 is 0 Å². The monoisotopic (exact) mass is 947 g/mol. The minimum atomic E-state index is -0.760. The Labute approximate surface area is 418 Å². The molecule has 0 aliphatic rings. The van der Waals surface area contributed by atoms with E-state index in [0.29, 0.717) is 19.3 Å². The summed E-state index contributed by atoms with van der Waals surface area (Å²) in [6, 6.07) is 0. The highest BCUT2D eigenvalue weighted by Crippen LogP contribution is 2.18. The SMILES string of the molecule is CCCCCCCCCCCCCCCCCCCCCCCCCCC(=O)OCC(COC(=O)CCCCCCCC)OC(=O)CCCCCCCCCCCCCCCCCCCCC. The summed E-state index contributed by atoms with van der Waals surface area (Å²) in [6.07, 6.45) is 64.3. The summed E-state index contributed by atoms with van der Waals surface area (Å²) in [5, 5.41) is 0. The average Bonchev–Trinajstić information content (AvgIpc) is 3.33. The zero-order chi connectivity index (χ0) is 48.6. The highest BCUT2D eigenvalue weighted by Gasteiger charge is 2.19. The fourth-order valence-electron chi connectivity index (χ4n) is 9.51. The van der Waals surface area contributed by atoms with Crippen LogP contribution in [0.25, 0.3) is 0 Å². The minimum Gasteiger partial charge on any atom is -0.462 e. The Morgan fingerprint density at radius 2 is 0.403 bits per heavy atom. The van der Waals surface area contributed by atoms with Crippen LogP contribution in [0.5, 0.6) is 0 Å². The summed E-state index contributed by atoms with van der Waals surface area (Å²) in [5.41, 5.74) is 0. The van der Waals surface area contributed by atoms with E-state index >= 15 is 0 Å². The van der Waals surface area contributed by atoms with E-state index in [9.17, 15) is 14.4 Å². The van der Waals surface area contributed by atoms with E-state index in [1.54, 1.807) is 0 Å². The van der Waals surface area contributed by atoms with Crippen LogP contribution in [0.2, 0.25) is 0 Å². The molecule has 6 heteroatoms. The minimum absolute atomic E-state index is 0.0620.